The van der Waals surface area contributed by atoms with Gasteiger partial charge in [0.2, 0.25) is 0 Å². The van der Waals surface area contributed by atoms with Crippen LogP contribution in [0.25, 0.3) is 0 Å². The second kappa shape index (κ2) is 3.48. The molecule has 0 heterocycles. The van der Waals surface area contributed by atoms with Crippen molar-refractivity contribution in [3.05, 3.63) is 24.4 Å². The van der Waals surface area contributed by atoms with Gasteiger partial charge in [-0.25, -0.2) is 0 Å². The van der Waals surface area contributed by atoms with Gasteiger partial charge < -0.3 is 25.2 Å². The SMILES string of the molecule is OC(O)=COC=C(O)O. The molecule has 4 N–H and O–H groups in total. The topological polar surface area (TPSA) is 90.2 Å². The van der Waals surface area contributed by atoms with E-state index in [4.69, 9.17) is 20.4 Å². The molecule has 0 fully saturated rings. The number of aliphatic hydroxyl groups is 4. The summed E-state index contributed by atoms with van der Waals surface area (Å²) in [6.45, 7) is 0. The van der Waals surface area contributed by atoms with E-state index >= 15 is 0 Å². The summed E-state index contributed by atoms with van der Waals surface area (Å²) >= 11 is 0. The van der Waals surface area contributed by atoms with Gasteiger partial charge in [-0.3, -0.25) is 0 Å². The van der Waals surface area contributed by atoms with E-state index in [-0.39, 0.29) is 0 Å². The molecule has 0 amide bonds. The Bertz CT molecular complexity index is 112. The standard InChI is InChI=1S/C4H6O5/c5-3(6)1-9-2-4(7)8/h1-2,5-8H. The molecular weight excluding hydrogens is 128 g/mol. The van der Waals surface area contributed by atoms with E-state index in [1.54, 1.807) is 0 Å². The highest BCUT2D eigenvalue weighted by Gasteiger charge is 1.83. The van der Waals surface area contributed by atoms with Gasteiger partial charge in [0.05, 0.1) is 0 Å². The van der Waals surface area contributed by atoms with Crippen LogP contribution < -0.4 is 0 Å². The molecule has 0 aliphatic heterocycles. The first-order valence-electron chi connectivity index (χ1n) is 1.94. The monoisotopic (exact) mass is 134 g/mol. The number of rotatable bonds is 2. The first-order chi connectivity index (χ1) is 4.13. The molecule has 0 rings (SSSR count). The Balaban J connectivity index is 3.53. The fraction of sp³-hybridized carbons (Fsp3) is 0. The predicted octanol–water partition coefficient (Wildman–Crippen LogP) is 0.833. The Hall–Kier alpha value is -1.52. The molecule has 0 spiro atoms. The molecule has 0 aromatic heterocycles. The van der Waals surface area contributed by atoms with Gasteiger partial charge in [-0.15, -0.1) is 0 Å². The van der Waals surface area contributed by atoms with Crippen molar-refractivity contribution in [1.82, 2.24) is 0 Å². The van der Waals surface area contributed by atoms with Crippen LogP contribution in [0.4, 0.5) is 0 Å². The van der Waals surface area contributed by atoms with E-state index in [2.05, 4.69) is 4.74 Å². The quantitative estimate of drug-likeness (QED) is 0.420. The van der Waals surface area contributed by atoms with Crippen LogP contribution in [0.5, 0.6) is 0 Å². The number of hydrogen-bond acceptors (Lipinski definition) is 5. The maximum atomic E-state index is 7.96. The Kier molecular flexibility index (Phi) is 2.89. The summed E-state index contributed by atoms with van der Waals surface area (Å²) in [5, 5.41) is 31.9. The van der Waals surface area contributed by atoms with Crippen LogP contribution in [-0.4, -0.2) is 20.4 Å². The zero-order valence-corrected chi connectivity index (χ0v) is 4.35. The van der Waals surface area contributed by atoms with Crippen molar-refractivity contribution in [3.63, 3.8) is 0 Å². The molecule has 0 bridgehead atoms. The van der Waals surface area contributed by atoms with Crippen molar-refractivity contribution in [3.8, 4) is 0 Å². The first-order valence-corrected chi connectivity index (χ1v) is 1.94. The molecule has 0 saturated carbocycles. The fourth-order valence-electron chi connectivity index (χ4n) is 0.156. The number of aliphatic hydroxyl groups excluding tert-OH is 2. The third-order valence-corrected chi connectivity index (χ3v) is 0.347. The van der Waals surface area contributed by atoms with E-state index in [1.807, 2.05) is 0 Å². The summed E-state index contributed by atoms with van der Waals surface area (Å²) in [5.41, 5.74) is 0. The fourth-order valence-corrected chi connectivity index (χ4v) is 0.156. The van der Waals surface area contributed by atoms with Gasteiger partial charge in [-0.1, -0.05) is 0 Å². The molecule has 0 aromatic rings. The van der Waals surface area contributed by atoms with E-state index in [0.29, 0.717) is 12.5 Å². The van der Waals surface area contributed by atoms with Crippen LogP contribution in [0.2, 0.25) is 0 Å². The molecule has 52 valence electrons. The van der Waals surface area contributed by atoms with Crippen molar-refractivity contribution in [1.29, 1.82) is 0 Å². The second-order valence-corrected chi connectivity index (χ2v) is 1.09. The lowest BCUT2D eigenvalue weighted by molar-refractivity contribution is 0.149. The summed E-state index contributed by atoms with van der Waals surface area (Å²) in [6, 6.07) is 0. The van der Waals surface area contributed by atoms with Gasteiger partial charge in [0, 0.05) is 0 Å². The molecule has 5 nitrogen and oxygen atoms in total. The zero-order chi connectivity index (χ0) is 7.28. The number of ether oxygens (including phenoxy) is 1. The van der Waals surface area contributed by atoms with Gasteiger partial charge in [-0.2, -0.15) is 0 Å². The maximum absolute atomic E-state index is 7.96. The Morgan fingerprint density at radius 3 is 1.44 bits per heavy atom. The zero-order valence-electron chi connectivity index (χ0n) is 4.35. The van der Waals surface area contributed by atoms with Crippen molar-refractivity contribution >= 4 is 0 Å². The molecular formula is C4H6O5. The van der Waals surface area contributed by atoms with Gasteiger partial charge in [-0.05, 0) is 0 Å². The van der Waals surface area contributed by atoms with Crippen molar-refractivity contribution in [2.24, 2.45) is 0 Å². The first kappa shape index (κ1) is 7.48. The molecule has 5 heteroatoms. The molecule has 0 atom stereocenters. The summed E-state index contributed by atoms with van der Waals surface area (Å²) in [5.74, 6) is -2.10. The third kappa shape index (κ3) is 6.48. The van der Waals surface area contributed by atoms with Crippen molar-refractivity contribution in [2.75, 3.05) is 0 Å². The lowest BCUT2D eigenvalue weighted by Gasteiger charge is -1.88. The Labute approximate surface area is 50.7 Å². The lowest BCUT2D eigenvalue weighted by Crippen LogP contribution is -1.80. The molecule has 0 radical (unpaired) electrons. The molecule has 0 aliphatic rings. The van der Waals surface area contributed by atoms with Crippen LogP contribution in [0.1, 0.15) is 0 Å². The highest BCUT2D eigenvalue weighted by atomic mass is 16.5. The van der Waals surface area contributed by atoms with E-state index in [9.17, 15) is 0 Å². The Morgan fingerprint density at radius 1 is 0.889 bits per heavy atom. The van der Waals surface area contributed by atoms with E-state index in [0.717, 1.165) is 0 Å². The third-order valence-electron chi connectivity index (χ3n) is 0.347. The highest BCUT2D eigenvalue weighted by Crippen LogP contribution is 1.86. The summed E-state index contributed by atoms with van der Waals surface area (Å²) < 4.78 is 4.03. The van der Waals surface area contributed by atoms with E-state index in [1.165, 1.54) is 0 Å². The van der Waals surface area contributed by atoms with Gasteiger partial charge in [0.1, 0.15) is 0 Å². The van der Waals surface area contributed by atoms with Crippen LogP contribution in [-0.2, 0) is 4.74 Å². The van der Waals surface area contributed by atoms with Crippen LogP contribution in [0, 0.1) is 0 Å². The van der Waals surface area contributed by atoms with Crippen LogP contribution in [0.15, 0.2) is 24.4 Å². The van der Waals surface area contributed by atoms with Crippen molar-refractivity contribution < 1.29 is 25.2 Å². The highest BCUT2D eigenvalue weighted by molar-refractivity contribution is 4.75. The minimum atomic E-state index is -1.05. The largest absolute Gasteiger partial charge is 0.479 e. The minimum absolute atomic E-state index is 0.520. The van der Waals surface area contributed by atoms with Crippen LogP contribution >= 0.6 is 0 Å². The van der Waals surface area contributed by atoms with E-state index < -0.39 is 11.9 Å². The van der Waals surface area contributed by atoms with Gasteiger partial charge in [0.15, 0.2) is 12.5 Å². The van der Waals surface area contributed by atoms with Crippen molar-refractivity contribution in [2.45, 2.75) is 0 Å². The molecule has 9 heavy (non-hydrogen) atoms. The van der Waals surface area contributed by atoms with Gasteiger partial charge >= 0.3 is 11.9 Å². The number of hydrogen-bond donors (Lipinski definition) is 4. The Morgan fingerprint density at radius 2 is 1.22 bits per heavy atom. The summed E-state index contributed by atoms with van der Waals surface area (Å²) in [6.07, 6.45) is 1.04. The average Bonchev–Trinajstić information content (AvgIpc) is 1.63. The van der Waals surface area contributed by atoms with Gasteiger partial charge in [0.25, 0.3) is 0 Å². The molecule has 0 aromatic carbocycles. The molecule has 0 aliphatic carbocycles. The average molecular weight is 134 g/mol. The molecule has 0 unspecified atom stereocenters. The lowest BCUT2D eigenvalue weighted by atomic mass is 10.9. The minimum Gasteiger partial charge on any atom is -0.479 e. The summed E-state index contributed by atoms with van der Waals surface area (Å²) in [4.78, 5) is 0. The van der Waals surface area contributed by atoms with Crippen LogP contribution in [0.3, 0.4) is 0 Å². The normalized spacial score (nSPS) is 7.56. The smallest absolute Gasteiger partial charge is 0.311 e. The summed E-state index contributed by atoms with van der Waals surface area (Å²) in [7, 11) is 0. The molecule has 0 saturated heterocycles. The second-order valence-electron chi connectivity index (χ2n) is 1.09. The predicted molar refractivity (Wildman–Crippen MR) is 27.8 cm³/mol. The maximum Gasteiger partial charge on any atom is 0.311 e.